The predicted molar refractivity (Wildman–Crippen MR) is 72.7 cm³/mol. The number of para-hydroxylation sites is 1. The Labute approximate surface area is 107 Å². The molecule has 0 saturated heterocycles. The molecule has 1 aromatic carbocycles. The number of aliphatic hydroxyl groups is 1. The van der Waals surface area contributed by atoms with E-state index in [1.165, 1.54) is 0 Å². The number of hydrogen-bond donors (Lipinski definition) is 2. The van der Waals surface area contributed by atoms with E-state index in [1.807, 2.05) is 37.3 Å². The quantitative estimate of drug-likeness (QED) is 0.870. The molecule has 0 amide bonds. The molecule has 1 aromatic heterocycles. The first-order chi connectivity index (χ1) is 8.38. The van der Waals surface area contributed by atoms with Crippen LogP contribution in [0.5, 0.6) is 0 Å². The Morgan fingerprint density at radius 2 is 1.89 bits per heavy atom. The Morgan fingerprint density at radius 3 is 2.44 bits per heavy atom. The molecule has 0 aliphatic heterocycles. The average Bonchev–Trinajstić information content (AvgIpc) is 2.57. The van der Waals surface area contributed by atoms with Crippen molar-refractivity contribution in [1.82, 2.24) is 9.78 Å². The van der Waals surface area contributed by atoms with Crippen molar-refractivity contribution in [3.63, 3.8) is 0 Å². The second-order valence-corrected chi connectivity index (χ2v) is 5.19. The highest BCUT2D eigenvalue weighted by Gasteiger charge is 2.20. The number of anilines is 1. The third kappa shape index (κ3) is 2.54. The first kappa shape index (κ1) is 12.6. The number of nitrogen functional groups attached to an aromatic ring is 1. The van der Waals surface area contributed by atoms with Crippen LogP contribution < -0.4 is 5.73 Å². The van der Waals surface area contributed by atoms with E-state index in [4.69, 9.17) is 5.73 Å². The van der Waals surface area contributed by atoms with E-state index in [-0.39, 0.29) is 0 Å². The van der Waals surface area contributed by atoms with Crippen LogP contribution in [0.4, 0.5) is 5.82 Å². The molecule has 0 fully saturated rings. The fraction of sp³-hybridized carbons (Fsp3) is 0.357. The molecule has 3 N–H and O–H groups in total. The molecule has 2 rings (SSSR count). The largest absolute Gasteiger partial charge is 0.390 e. The first-order valence-corrected chi connectivity index (χ1v) is 6.00. The van der Waals surface area contributed by atoms with Crippen LogP contribution in [0.25, 0.3) is 5.69 Å². The number of nitrogens with two attached hydrogens (primary N) is 1. The van der Waals surface area contributed by atoms with Gasteiger partial charge in [0.1, 0.15) is 5.82 Å². The van der Waals surface area contributed by atoms with Crippen molar-refractivity contribution in [3.05, 3.63) is 41.6 Å². The summed E-state index contributed by atoms with van der Waals surface area (Å²) in [5.74, 6) is 0.625. The van der Waals surface area contributed by atoms with Crippen LogP contribution in [-0.2, 0) is 6.42 Å². The summed E-state index contributed by atoms with van der Waals surface area (Å²) in [6, 6.07) is 9.75. The zero-order chi connectivity index (χ0) is 13.3. The van der Waals surface area contributed by atoms with Crippen LogP contribution in [0.1, 0.15) is 25.1 Å². The van der Waals surface area contributed by atoms with Gasteiger partial charge in [0.25, 0.3) is 0 Å². The second-order valence-electron chi connectivity index (χ2n) is 5.19. The van der Waals surface area contributed by atoms with Gasteiger partial charge in [-0.1, -0.05) is 18.2 Å². The van der Waals surface area contributed by atoms with Gasteiger partial charge in [0.2, 0.25) is 0 Å². The maximum atomic E-state index is 9.88. The zero-order valence-electron chi connectivity index (χ0n) is 11.0. The number of nitrogens with zero attached hydrogens (tertiary/aromatic N) is 2. The van der Waals surface area contributed by atoms with Crippen LogP contribution in [-0.4, -0.2) is 20.5 Å². The van der Waals surface area contributed by atoms with Gasteiger partial charge in [-0.2, -0.15) is 5.10 Å². The summed E-state index contributed by atoms with van der Waals surface area (Å²) >= 11 is 0. The lowest BCUT2D eigenvalue weighted by molar-refractivity contribution is 0.0797. The molecule has 4 nitrogen and oxygen atoms in total. The molecule has 0 bridgehead atoms. The summed E-state index contributed by atoms with van der Waals surface area (Å²) in [6.45, 7) is 5.47. The molecular weight excluding hydrogens is 226 g/mol. The van der Waals surface area contributed by atoms with E-state index in [0.717, 1.165) is 16.9 Å². The van der Waals surface area contributed by atoms with E-state index in [2.05, 4.69) is 5.10 Å². The Morgan fingerprint density at radius 1 is 1.28 bits per heavy atom. The normalized spacial score (nSPS) is 11.8. The highest BCUT2D eigenvalue weighted by Crippen LogP contribution is 2.23. The van der Waals surface area contributed by atoms with Crippen molar-refractivity contribution in [2.75, 3.05) is 5.73 Å². The molecule has 0 unspecified atom stereocenters. The molecule has 4 heteroatoms. The molecule has 18 heavy (non-hydrogen) atoms. The van der Waals surface area contributed by atoms with Crippen LogP contribution in [0.15, 0.2) is 30.3 Å². The molecule has 0 aliphatic carbocycles. The van der Waals surface area contributed by atoms with Gasteiger partial charge in [-0.15, -0.1) is 0 Å². The summed E-state index contributed by atoms with van der Waals surface area (Å²) in [4.78, 5) is 0. The molecule has 0 atom stereocenters. The van der Waals surface area contributed by atoms with E-state index < -0.39 is 5.60 Å². The molecular formula is C14H19N3O. The zero-order valence-corrected chi connectivity index (χ0v) is 11.0. The van der Waals surface area contributed by atoms with Crippen LogP contribution in [0.3, 0.4) is 0 Å². The summed E-state index contributed by atoms with van der Waals surface area (Å²) in [5.41, 5.74) is 7.99. The summed E-state index contributed by atoms with van der Waals surface area (Å²) < 4.78 is 1.72. The third-order valence-electron chi connectivity index (χ3n) is 2.87. The Balaban J connectivity index is 2.43. The number of rotatable bonds is 3. The highest BCUT2D eigenvalue weighted by atomic mass is 16.3. The molecule has 0 radical (unpaired) electrons. The number of benzene rings is 1. The van der Waals surface area contributed by atoms with Gasteiger partial charge in [-0.3, -0.25) is 0 Å². The van der Waals surface area contributed by atoms with Gasteiger partial charge in [-0.05, 0) is 32.9 Å². The lowest BCUT2D eigenvalue weighted by Crippen LogP contribution is -2.22. The summed E-state index contributed by atoms with van der Waals surface area (Å²) in [6.07, 6.45) is 0.489. The number of hydrogen-bond acceptors (Lipinski definition) is 3. The van der Waals surface area contributed by atoms with E-state index in [1.54, 1.807) is 18.5 Å². The predicted octanol–water partition coefficient (Wildman–Crippen LogP) is 2.08. The molecule has 1 heterocycles. The Hall–Kier alpha value is -1.81. The maximum Gasteiger partial charge on any atom is 0.130 e. The van der Waals surface area contributed by atoms with Gasteiger partial charge in [-0.25, -0.2) is 4.68 Å². The topological polar surface area (TPSA) is 64.1 Å². The minimum atomic E-state index is -0.785. The monoisotopic (exact) mass is 245 g/mol. The molecule has 96 valence electrons. The van der Waals surface area contributed by atoms with Crippen molar-refractivity contribution >= 4 is 5.82 Å². The standard InChI is InChI=1S/C14H19N3O/c1-10-12(9-14(2,3)18)16-17(13(10)15)11-7-5-4-6-8-11/h4-8,18H,9,15H2,1-3H3. The molecule has 2 aromatic rings. The first-order valence-electron chi connectivity index (χ1n) is 6.00. The SMILES string of the molecule is Cc1c(CC(C)(C)O)nn(-c2ccccc2)c1N. The second kappa shape index (κ2) is 4.46. The highest BCUT2D eigenvalue weighted by molar-refractivity contribution is 5.49. The van der Waals surface area contributed by atoms with Crippen molar-refractivity contribution in [2.24, 2.45) is 0 Å². The maximum absolute atomic E-state index is 9.88. The lowest BCUT2D eigenvalue weighted by Gasteiger charge is -2.15. The minimum Gasteiger partial charge on any atom is -0.390 e. The number of aromatic nitrogens is 2. The lowest BCUT2D eigenvalue weighted by atomic mass is 10.0. The van der Waals surface area contributed by atoms with Crippen molar-refractivity contribution in [2.45, 2.75) is 32.8 Å². The van der Waals surface area contributed by atoms with Gasteiger partial charge >= 0.3 is 0 Å². The van der Waals surface area contributed by atoms with E-state index in [0.29, 0.717) is 12.2 Å². The van der Waals surface area contributed by atoms with Gasteiger partial charge in [0.05, 0.1) is 17.0 Å². The van der Waals surface area contributed by atoms with Gasteiger partial charge in [0, 0.05) is 12.0 Å². The third-order valence-corrected chi connectivity index (χ3v) is 2.87. The van der Waals surface area contributed by atoms with Crippen LogP contribution >= 0.6 is 0 Å². The molecule has 0 spiro atoms. The smallest absolute Gasteiger partial charge is 0.130 e. The average molecular weight is 245 g/mol. The van der Waals surface area contributed by atoms with E-state index in [9.17, 15) is 5.11 Å². The van der Waals surface area contributed by atoms with Crippen molar-refractivity contribution in [1.29, 1.82) is 0 Å². The van der Waals surface area contributed by atoms with Gasteiger partial charge in [0.15, 0.2) is 0 Å². The Bertz CT molecular complexity index is 538. The molecule has 0 aliphatic rings. The van der Waals surface area contributed by atoms with Crippen LogP contribution in [0.2, 0.25) is 0 Å². The van der Waals surface area contributed by atoms with Crippen LogP contribution in [0, 0.1) is 6.92 Å². The summed E-state index contributed by atoms with van der Waals surface area (Å²) in [7, 11) is 0. The van der Waals surface area contributed by atoms with Crippen molar-refractivity contribution in [3.8, 4) is 5.69 Å². The molecule has 0 saturated carbocycles. The minimum absolute atomic E-state index is 0.489. The fourth-order valence-corrected chi connectivity index (χ4v) is 1.90. The van der Waals surface area contributed by atoms with E-state index >= 15 is 0 Å². The summed E-state index contributed by atoms with van der Waals surface area (Å²) in [5, 5.41) is 14.4. The Kier molecular flexibility index (Phi) is 3.13. The fourth-order valence-electron chi connectivity index (χ4n) is 1.90. The van der Waals surface area contributed by atoms with Gasteiger partial charge < -0.3 is 10.8 Å². The van der Waals surface area contributed by atoms with Crippen molar-refractivity contribution < 1.29 is 5.11 Å².